The van der Waals surface area contributed by atoms with Gasteiger partial charge in [0.1, 0.15) is 5.75 Å². The van der Waals surface area contributed by atoms with Gasteiger partial charge in [0.15, 0.2) is 0 Å². The van der Waals surface area contributed by atoms with Crippen LogP contribution in [-0.2, 0) is 4.79 Å². The van der Waals surface area contributed by atoms with E-state index < -0.39 is 0 Å². The van der Waals surface area contributed by atoms with E-state index in [0.29, 0.717) is 17.3 Å². The molecule has 1 unspecified atom stereocenters. The van der Waals surface area contributed by atoms with Crippen molar-refractivity contribution in [3.63, 3.8) is 0 Å². The minimum Gasteiger partial charge on any atom is -0.495 e. The van der Waals surface area contributed by atoms with Gasteiger partial charge < -0.3 is 15.0 Å². The van der Waals surface area contributed by atoms with Crippen molar-refractivity contribution in [2.24, 2.45) is 0 Å². The molecule has 2 rings (SSSR count). The summed E-state index contributed by atoms with van der Waals surface area (Å²) in [6, 6.07) is 5.48. The van der Waals surface area contributed by atoms with Crippen LogP contribution in [0.5, 0.6) is 5.75 Å². The van der Waals surface area contributed by atoms with Crippen molar-refractivity contribution in [2.75, 3.05) is 18.6 Å². The normalized spacial score (nSPS) is 19.3. The number of anilines is 1. The number of amides is 1. The Bertz CT molecular complexity index is 477. The molecule has 1 aliphatic heterocycles. The van der Waals surface area contributed by atoms with Crippen LogP contribution in [0.3, 0.4) is 0 Å². The van der Waals surface area contributed by atoms with Crippen LogP contribution in [0.25, 0.3) is 0 Å². The second-order valence-corrected chi connectivity index (χ2v) is 5.41. The van der Waals surface area contributed by atoms with E-state index in [1.54, 1.807) is 30.2 Å². The smallest absolute Gasteiger partial charge is 0.244 e. The number of carbonyl (C=O) groups excluding carboxylic acids is 1. The maximum Gasteiger partial charge on any atom is 0.244 e. The van der Waals surface area contributed by atoms with Crippen molar-refractivity contribution in [2.45, 2.75) is 32.4 Å². The molecule has 1 aliphatic rings. The zero-order valence-corrected chi connectivity index (χ0v) is 12.2. The molecule has 1 aromatic rings. The number of rotatable bonds is 4. The lowest BCUT2D eigenvalue weighted by molar-refractivity contribution is -0.119. The van der Waals surface area contributed by atoms with E-state index in [9.17, 15) is 4.79 Å². The average Bonchev–Trinajstić information content (AvgIpc) is 2.70. The summed E-state index contributed by atoms with van der Waals surface area (Å²) in [5.74, 6) is 0.747. The van der Waals surface area contributed by atoms with Crippen LogP contribution in [0, 0.1) is 0 Å². The number of hydrogen-bond donors (Lipinski definition) is 1. The fraction of sp³-hybridized carbons (Fsp3) is 0.500. The van der Waals surface area contributed by atoms with Gasteiger partial charge in [-0.05, 0) is 24.6 Å². The first kappa shape index (κ1) is 14.2. The molecule has 0 aromatic heterocycles. The van der Waals surface area contributed by atoms with Gasteiger partial charge in [-0.15, -0.1) is 0 Å². The van der Waals surface area contributed by atoms with Crippen LogP contribution in [0.15, 0.2) is 18.2 Å². The average molecular weight is 283 g/mol. The van der Waals surface area contributed by atoms with Crippen molar-refractivity contribution in [1.29, 1.82) is 0 Å². The molecule has 1 N–H and O–H groups in total. The number of halogens is 1. The summed E-state index contributed by atoms with van der Waals surface area (Å²) in [6.45, 7) is 4.76. The Labute approximate surface area is 118 Å². The minimum atomic E-state index is -0.122. The number of ether oxygens (including phenoxy) is 1. The van der Waals surface area contributed by atoms with Crippen LogP contribution in [-0.4, -0.2) is 31.6 Å². The number of benzene rings is 1. The molecule has 0 saturated carbocycles. The van der Waals surface area contributed by atoms with Gasteiger partial charge in [0.2, 0.25) is 5.91 Å². The molecular weight excluding hydrogens is 264 g/mol. The van der Waals surface area contributed by atoms with Gasteiger partial charge in [0, 0.05) is 17.6 Å². The first-order valence-electron chi connectivity index (χ1n) is 6.44. The van der Waals surface area contributed by atoms with Crippen molar-refractivity contribution < 1.29 is 9.53 Å². The molecule has 0 bridgehead atoms. The Kier molecular flexibility index (Phi) is 4.32. The molecule has 1 fully saturated rings. The van der Waals surface area contributed by atoms with Crippen molar-refractivity contribution >= 4 is 23.2 Å². The van der Waals surface area contributed by atoms with Gasteiger partial charge >= 0.3 is 0 Å². The third kappa shape index (κ3) is 3.01. The first-order valence-corrected chi connectivity index (χ1v) is 6.81. The molecule has 104 valence electrons. The highest BCUT2D eigenvalue weighted by Crippen LogP contribution is 2.33. The third-order valence-electron chi connectivity index (χ3n) is 3.17. The highest BCUT2D eigenvalue weighted by atomic mass is 35.5. The molecule has 4 nitrogen and oxygen atoms in total. The van der Waals surface area contributed by atoms with Crippen molar-refractivity contribution in [3.8, 4) is 5.75 Å². The number of nitrogens with zero attached hydrogens (tertiary/aromatic N) is 1. The Hall–Kier alpha value is -1.26. The number of nitrogens with one attached hydrogen (secondary N) is 1. The zero-order valence-electron chi connectivity index (χ0n) is 11.4. The van der Waals surface area contributed by atoms with Crippen LogP contribution in [0.2, 0.25) is 5.02 Å². The molecule has 1 atom stereocenters. The highest BCUT2D eigenvalue weighted by Gasteiger charge is 2.34. The molecule has 1 heterocycles. The van der Waals surface area contributed by atoms with Crippen LogP contribution in [0.4, 0.5) is 5.69 Å². The van der Waals surface area contributed by atoms with Crippen LogP contribution < -0.4 is 15.0 Å². The molecule has 5 heteroatoms. The van der Waals surface area contributed by atoms with Gasteiger partial charge in [-0.3, -0.25) is 4.79 Å². The summed E-state index contributed by atoms with van der Waals surface area (Å²) in [5.41, 5.74) is 0.744. The third-order valence-corrected chi connectivity index (χ3v) is 3.41. The molecule has 1 aromatic carbocycles. The van der Waals surface area contributed by atoms with Crippen LogP contribution >= 0.6 is 11.6 Å². The van der Waals surface area contributed by atoms with E-state index in [0.717, 1.165) is 12.1 Å². The lowest BCUT2D eigenvalue weighted by atomic mass is 10.2. The van der Waals surface area contributed by atoms with E-state index in [1.807, 2.05) is 13.8 Å². The summed E-state index contributed by atoms with van der Waals surface area (Å²) in [5, 5.41) is 3.88. The maximum atomic E-state index is 12.4. The Morgan fingerprint density at radius 3 is 2.84 bits per heavy atom. The van der Waals surface area contributed by atoms with Gasteiger partial charge in [-0.1, -0.05) is 25.4 Å². The number of methoxy groups -OCH3 is 1. The predicted molar refractivity (Wildman–Crippen MR) is 77.0 cm³/mol. The largest absolute Gasteiger partial charge is 0.495 e. The Morgan fingerprint density at radius 1 is 1.47 bits per heavy atom. The Balaban J connectivity index is 2.24. The van der Waals surface area contributed by atoms with Crippen molar-refractivity contribution in [3.05, 3.63) is 23.2 Å². The van der Waals surface area contributed by atoms with Gasteiger partial charge in [-0.25, -0.2) is 0 Å². The van der Waals surface area contributed by atoms with Crippen molar-refractivity contribution in [1.82, 2.24) is 5.32 Å². The SMILES string of the molecule is COc1ccc(Cl)cc1N1CCC(NC(C)C)C1=O. The Morgan fingerprint density at radius 2 is 2.21 bits per heavy atom. The molecule has 0 radical (unpaired) electrons. The molecule has 0 aliphatic carbocycles. The number of hydrogen-bond acceptors (Lipinski definition) is 3. The summed E-state index contributed by atoms with van der Waals surface area (Å²) in [6.07, 6.45) is 0.798. The summed E-state index contributed by atoms with van der Waals surface area (Å²) in [7, 11) is 1.59. The minimum absolute atomic E-state index is 0.0780. The van der Waals surface area contributed by atoms with E-state index in [1.165, 1.54) is 0 Å². The predicted octanol–water partition coefficient (Wildman–Crippen LogP) is 2.45. The number of carbonyl (C=O) groups is 1. The second-order valence-electron chi connectivity index (χ2n) is 4.97. The summed E-state index contributed by atoms with van der Waals surface area (Å²) in [4.78, 5) is 14.1. The lowest BCUT2D eigenvalue weighted by Crippen LogP contribution is -2.41. The monoisotopic (exact) mass is 282 g/mol. The quantitative estimate of drug-likeness (QED) is 0.922. The fourth-order valence-corrected chi connectivity index (χ4v) is 2.52. The molecule has 0 spiro atoms. The summed E-state index contributed by atoms with van der Waals surface area (Å²) < 4.78 is 5.30. The zero-order chi connectivity index (χ0) is 14.0. The van der Waals surface area contributed by atoms with Gasteiger partial charge in [-0.2, -0.15) is 0 Å². The topological polar surface area (TPSA) is 41.6 Å². The molecule has 1 amide bonds. The maximum absolute atomic E-state index is 12.4. The van der Waals surface area contributed by atoms with E-state index >= 15 is 0 Å². The van der Waals surface area contributed by atoms with Gasteiger partial charge in [0.05, 0.1) is 18.8 Å². The molecule has 1 saturated heterocycles. The molecule has 19 heavy (non-hydrogen) atoms. The lowest BCUT2D eigenvalue weighted by Gasteiger charge is -2.20. The fourth-order valence-electron chi connectivity index (χ4n) is 2.35. The van der Waals surface area contributed by atoms with E-state index in [4.69, 9.17) is 16.3 Å². The summed E-state index contributed by atoms with van der Waals surface area (Å²) >= 11 is 6.01. The molecular formula is C14H19ClN2O2. The highest BCUT2D eigenvalue weighted by molar-refractivity contribution is 6.31. The standard InChI is InChI=1S/C14H19ClN2O2/c1-9(2)16-11-6-7-17(14(11)18)12-8-10(15)4-5-13(12)19-3/h4-5,8-9,11,16H,6-7H2,1-3H3. The first-order chi connectivity index (χ1) is 9.02. The van der Waals surface area contributed by atoms with Gasteiger partial charge in [0.25, 0.3) is 0 Å². The van der Waals surface area contributed by atoms with Crippen LogP contribution in [0.1, 0.15) is 20.3 Å². The van der Waals surface area contributed by atoms with E-state index in [-0.39, 0.29) is 18.0 Å². The van der Waals surface area contributed by atoms with E-state index in [2.05, 4.69) is 5.32 Å². The second kappa shape index (κ2) is 5.80.